The van der Waals surface area contributed by atoms with Gasteiger partial charge in [-0.2, -0.15) is 0 Å². The van der Waals surface area contributed by atoms with Crippen molar-refractivity contribution >= 4 is 5.69 Å². The minimum Gasteiger partial charge on any atom is -0.507 e. The zero-order valence-corrected chi connectivity index (χ0v) is 15.1. The SMILES string of the molecule is CC(C)(C)c1cc(NCc2ccncc2)cc(C(C)(C)C)c1O. The smallest absolute Gasteiger partial charge is 0.123 e. The molecule has 124 valence electrons. The normalized spacial score (nSPS) is 12.3. The van der Waals surface area contributed by atoms with Crippen molar-refractivity contribution in [3.63, 3.8) is 0 Å². The van der Waals surface area contributed by atoms with E-state index in [-0.39, 0.29) is 10.8 Å². The number of hydrogen-bond donors (Lipinski definition) is 2. The van der Waals surface area contributed by atoms with E-state index in [9.17, 15) is 5.11 Å². The van der Waals surface area contributed by atoms with Gasteiger partial charge in [0.25, 0.3) is 0 Å². The molecule has 2 rings (SSSR count). The molecule has 2 N–H and O–H groups in total. The molecule has 1 aromatic carbocycles. The summed E-state index contributed by atoms with van der Waals surface area (Å²) in [6.07, 6.45) is 3.60. The van der Waals surface area contributed by atoms with E-state index in [1.54, 1.807) is 12.4 Å². The van der Waals surface area contributed by atoms with Gasteiger partial charge in [-0.3, -0.25) is 4.98 Å². The molecule has 0 atom stereocenters. The summed E-state index contributed by atoms with van der Waals surface area (Å²) in [5.74, 6) is 0.416. The van der Waals surface area contributed by atoms with E-state index in [1.165, 1.54) is 5.56 Å². The van der Waals surface area contributed by atoms with Gasteiger partial charge < -0.3 is 10.4 Å². The highest BCUT2D eigenvalue weighted by Crippen LogP contribution is 2.41. The summed E-state index contributed by atoms with van der Waals surface area (Å²) in [6.45, 7) is 13.5. The molecule has 0 radical (unpaired) electrons. The molecular formula is C20H28N2O. The Morgan fingerprint density at radius 3 is 1.83 bits per heavy atom. The third kappa shape index (κ3) is 4.25. The molecular weight excluding hydrogens is 284 g/mol. The Kier molecular flexibility index (Phi) is 4.69. The van der Waals surface area contributed by atoms with Gasteiger partial charge in [-0.25, -0.2) is 0 Å². The van der Waals surface area contributed by atoms with Gasteiger partial charge in [0.05, 0.1) is 0 Å². The number of benzene rings is 1. The van der Waals surface area contributed by atoms with Crippen LogP contribution < -0.4 is 5.32 Å². The largest absolute Gasteiger partial charge is 0.507 e. The molecule has 1 heterocycles. The first kappa shape index (κ1) is 17.3. The Morgan fingerprint density at radius 2 is 1.39 bits per heavy atom. The maximum atomic E-state index is 10.7. The summed E-state index contributed by atoms with van der Waals surface area (Å²) in [5.41, 5.74) is 3.94. The van der Waals surface area contributed by atoms with Gasteiger partial charge in [0, 0.05) is 35.8 Å². The summed E-state index contributed by atoms with van der Waals surface area (Å²) in [7, 11) is 0. The van der Waals surface area contributed by atoms with Crippen LogP contribution in [0.15, 0.2) is 36.7 Å². The molecule has 0 saturated heterocycles. The first-order valence-corrected chi connectivity index (χ1v) is 8.10. The number of hydrogen-bond acceptors (Lipinski definition) is 3. The lowest BCUT2D eigenvalue weighted by Crippen LogP contribution is -2.18. The molecule has 0 aliphatic heterocycles. The van der Waals surface area contributed by atoms with E-state index in [0.29, 0.717) is 5.75 Å². The van der Waals surface area contributed by atoms with Crippen molar-refractivity contribution in [3.8, 4) is 5.75 Å². The Balaban J connectivity index is 2.40. The van der Waals surface area contributed by atoms with E-state index >= 15 is 0 Å². The number of phenolic OH excluding ortho intramolecular Hbond substituents is 1. The number of nitrogens with one attached hydrogen (secondary N) is 1. The number of phenols is 1. The zero-order valence-electron chi connectivity index (χ0n) is 15.1. The van der Waals surface area contributed by atoms with Gasteiger partial charge in [-0.05, 0) is 40.7 Å². The summed E-state index contributed by atoms with van der Waals surface area (Å²) in [5, 5.41) is 14.2. The first-order chi connectivity index (χ1) is 10.6. The van der Waals surface area contributed by atoms with Gasteiger partial charge in [0.2, 0.25) is 0 Å². The molecule has 0 amide bonds. The molecule has 2 aromatic rings. The van der Waals surface area contributed by atoms with Gasteiger partial charge in [0.1, 0.15) is 5.75 Å². The second-order valence-corrected chi connectivity index (χ2v) is 8.13. The van der Waals surface area contributed by atoms with Crippen molar-refractivity contribution in [2.24, 2.45) is 0 Å². The van der Waals surface area contributed by atoms with E-state index in [1.807, 2.05) is 12.1 Å². The second kappa shape index (κ2) is 6.23. The van der Waals surface area contributed by atoms with Crippen molar-refractivity contribution < 1.29 is 5.11 Å². The number of pyridine rings is 1. The van der Waals surface area contributed by atoms with Gasteiger partial charge in [-0.15, -0.1) is 0 Å². The van der Waals surface area contributed by atoms with Gasteiger partial charge >= 0.3 is 0 Å². The van der Waals surface area contributed by atoms with Crippen LogP contribution in [0.2, 0.25) is 0 Å². The minimum atomic E-state index is -0.113. The second-order valence-electron chi connectivity index (χ2n) is 8.13. The molecule has 3 nitrogen and oxygen atoms in total. The summed E-state index contributed by atoms with van der Waals surface area (Å²) in [4.78, 5) is 4.04. The highest BCUT2D eigenvalue weighted by molar-refractivity contribution is 5.59. The van der Waals surface area contributed by atoms with Crippen LogP contribution in [0.4, 0.5) is 5.69 Å². The molecule has 0 fully saturated rings. The maximum Gasteiger partial charge on any atom is 0.123 e. The van der Waals surface area contributed by atoms with Crippen LogP contribution in [0.5, 0.6) is 5.75 Å². The van der Waals surface area contributed by atoms with Crippen molar-refractivity contribution in [3.05, 3.63) is 53.3 Å². The van der Waals surface area contributed by atoms with Crippen molar-refractivity contribution in [2.75, 3.05) is 5.32 Å². The third-order valence-corrected chi connectivity index (χ3v) is 3.97. The fourth-order valence-corrected chi connectivity index (χ4v) is 2.58. The van der Waals surface area contributed by atoms with Crippen LogP contribution in [0.3, 0.4) is 0 Å². The number of aromatic hydroxyl groups is 1. The summed E-state index contributed by atoms with van der Waals surface area (Å²) >= 11 is 0. The number of aromatic nitrogens is 1. The predicted octanol–water partition coefficient (Wildman–Crippen LogP) is 4.99. The lowest BCUT2D eigenvalue weighted by molar-refractivity contribution is 0.423. The number of anilines is 1. The summed E-state index contributed by atoms with van der Waals surface area (Å²) in [6, 6.07) is 8.13. The quantitative estimate of drug-likeness (QED) is 0.784. The van der Waals surface area contributed by atoms with Crippen LogP contribution in [-0.4, -0.2) is 10.1 Å². The van der Waals surface area contributed by atoms with Gasteiger partial charge in [-0.1, -0.05) is 41.5 Å². The predicted molar refractivity (Wildman–Crippen MR) is 97.1 cm³/mol. The third-order valence-electron chi connectivity index (χ3n) is 3.97. The molecule has 0 saturated carbocycles. The fourth-order valence-electron chi connectivity index (χ4n) is 2.58. The Hall–Kier alpha value is -2.03. The van der Waals surface area contributed by atoms with E-state index in [2.05, 4.69) is 64.0 Å². The molecule has 0 aliphatic rings. The number of rotatable bonds is 3. The Labute approximate surface area is 139 Å². The van der Waals surface area contributed by atoms with Crippen LogP contribution in [0.25, 0.3) is 0 Å². The van der Waals surface area contributed by atoms with Crippen molar-refractivity contribution in [1.82, 2.24) is 4.98 Å². The van der Waals surface area contributed by atoms with E-state index in [4.69, 9.17) is 0 Å². The molecule has 0 bridgehead atoms. The van der Waals surface area contributed by atoms with Crippen LogP contribution >= 0.6 is 0 Å². The van der Waals surface area contributed by atoms with Crippen LogP contribution in [0, 0.1) is 0 Å². The fraction of sp³-hybridized carbons (Fsp3) is 0.450. The van der Waals surface area contributed by atoms with Crippen molar-refractivity contribution in [1.29, 1.82) is 0 Å². The van der Waals surface area contributed by atoms with E-state index < -0.39 is 0 Å². The minimum absolute atomic E-state index is 0.113. The topological polar surface area (TPSA) is 45.2 Å². The monoisotopic (exact) mass is 312 g/mol. The van der Waals surface area contributed by atoms with Crippen molar-refractivity contribution in [2.45, 2.75) is 58.9 Å². The standard InChI is InChI=1S/C20H28N2O/c1-19(2,3)16-11-15(12-17(18(16)23)20(4,5)6)22-13-14-7-9-21-10-8-14/h7-12,22-23H,13H2,1-6H3. The molecule has 0 aliphatic carbocycles. The summed E-state index contributed by atoms with van der Waals surface area (Å²) < 4.78 is 0. The Bertz CT molecular complexity index is 629. The molecule has 1 aromatic heterocycles. The molecule has 0 unspecified atom stereocenters. The maximum absolute atomic E-state index is 10.7. The average Bonchev–Trinajstić information content (AvgIpc) is 2.44. The lowest BCUT2D eigenvalue weighted by atomic mass is 9.79. The van der Waals surface area contributed by atoms with Gasteiger partial charge in [0.15, 0.2) is 0 Å². The van der Waals surface area contributed by atoms with E-state index in [0.717, 1.165) is 23.4 Å². The Morgan fingerprint density at radius 1 is 0.913 bits per heavy atom. The molecule has 23 heavy (non-hydrogen) atoms. The highest BCUT2D eigenvalue weighted by Gasteiger charge is 2.26. The number of nitrogens with zero attached hydrogens (tertiary/aromatic N) is 1. The lowest BCUT2D eigenvalue weighted by Gasteiger charge is -2.28. The average molecular weight is 312 g/mol. The van der Waals surface area contributed by atoms with Crippen LogP contribution in [-0.2, 0) is 17.4 Å². The van der Waals surface area contributed by atoms with Crippen LogP contribution in [0.1, 0.15) is 58.2 Å². The highest BCUT2D eigenvalue weighted by atomic mass is 16.3. The molecule has 3 heteroatoms. The first-order valence-electron chi connectivity index (χ1n) is 8.10. The molecule has 0 spiro atoms. The zero-order chi connectivity index (χ0) is 17.3.